The Morgan fingerprint density at radius 1 is 1.19 bits per heavy atom. The lowest BCUT2D eigenvalue weighted by molar-refractivity contribution is -0.150. The standard InChI is InChI=1S/C23H27N3O4S/c1-7-30-22(28)16(4)26-21(27)20(31-23(26)29)13-17-12-14(2)25(15(17)3)19-10-8-18(9-11-19)24(5)6/h8-13,16H,7H2,1-6H3/b20-13-/t16-/m1/s1. The van der Waals surface area contributed by atoms with Gasteiger partial charge in [-0.3, -0.25) is 14.5 Å². The predicted octanol–water partition coefficient (Wildman–Crippen LogP) is 4.15. The number of esters is 1. The summed E-state index contributed by atoms with van der Waals surface area (Å²) in [4.78, 5) is 40.6. The summed E-state index contributed by atoms with van der Waals surface area (Å²) in [6, 6.07) is 9.23. The van der Waals surface area contributed by atoms with Crippen molar-refractivity contribution in [3.63, 3.8) is 0 Å². The quantitative estimate of drug-likeness (QED) is 0.495. The van der Waals surface area contributed by atoms with Gasteiger partial charge in [0, 0.05) is 36.9 Å². The van der Waals surface area contributed by atoms with Gasteiger partial charge in [-0.1, -0.05) is 0 Å². The average molecular weight is 442 g/mol. The Bertz CT molecular complexity index is 1050. The van der Waals surface area contributed by atoms with Crippen molar-refractivity contribution in [1.29, 1.82) is 0 Å². The van der Waals surface area contributed by atoms with E-state index in [4.69, 9.17) is 4.74 Å². The molecule has 1 atom stereocenters. The second-order valence-electron chi connectivity index (χ2n) is 7.55. The Kier molecular flexibility index (Phi) is 6.59. The maximum Gasteiger partial charge on any atom is 0.329 e. The highest BCUT2D eigenvalue weighted by Gasteiger charge is 2.41. The molecular formula is C23H27N3O4S. The van der Waals surface area contributed by atoms with Crippen molar-refractivity contribution in [3.8, 4) is 5.69 Å². The third-order valence-electron chi connectivity index (χ3n) is 5.22. The van der Waals surface area contributed by atoms with Gasteiger partial charge in [0.05, 0.1) is 11.5 Å². The first-order valence-electron chi connectivity index (χ1n) is 10.1. The molecule has 0 bridgehead atoms. The van der Waals surface area contributed by atoms with Crippen molar-refractivity contribution in [1.82, 2.24) is 9.47 Å². The number of carbonyl (C=O) groups is 3. The third-order valence-corrected chi connectivity index (χ3v) is 6.10. The predicted molar refractivity (Wildman–Crippen MR) is 123 cm³/mol. The average Bonchev–Trinajstić information content (AvgIpc) is 3.16. The molecule has 1 saturated heterocycles. The number of aromatic nitrogens is 1. The van der Waals surface area contributed by atoms with Crippen LogP contribution in [0.5, 0.6) is 0 Å². The highest BCUT2D eigenvalue weighted by atomic mass is 32.2. The smallest absolute Gasteiger partial charge is 0.329 e. The van der Waals surface area contributed by atoms with Crippen LogP contribution in [0.4, 0.5) is 10.5 Å². The summed E-state index contributed by atoms with van der Waals surface area (Å²) in [5.41, 5.74) is 4.95. The lowest BCUT2D eigenvalue weighted by Gasteiger charge is -2.19. The zero-order valence-electron chi connectivity index (χ0n) is 18.6. The Morgan fingerprint density at radius 3 is 2.42 bits per heavy atom. The van der Waals surface area contributed by atoms with E-state index in [1.807, 2.05) is 51.0 Å². The number of ether oxygens (including phenoxy) is 1. The number of rotatable bonds is 6. The van der Waals surface area contributed by atoms with Crippen molar-refractivity contribution >= 4 is 40.6 Å². The highest BCUT2D eigenvalue weighted by Crippen LogP contribution is 2.35. The van der Waals surface area contributed by atoms with Gasteiger partial charge in [0.15, 0.2) is 0 Å². The van der Waals surface area contributed by atoms with Gasteiger partial charge < -0.3 is 14.2 Å². The van der Waals surface area contributed by atoms with E-state index in [1.54, 1.807) is 13.0 Å². The van der Waals surface area contributed by atoms with Crippen molar-refractivity contribution in [2.75, 3.05) is 25.6 Å². The molecule has 2 heterocycles. The van der Waals surface area contributed by atoms with Crippen LogP contribution < -0.4 is 4.90 Å². The molecule has 1 aromatic carbocycles. The van der Waals surface area contributed by atoms with Crippen molar-refractivity contribution in [2.24, 2.45) is 0 Å². The number of thioether (sulfide) groups is 1. The van der Waals surface area contributed by atoms with Crippen LogP contribution in [0, 0.1) is 13.8 Å². The molecule has 31 heavy (non-hydrogen) atoms. The van der Waals surface area contributed by atoms with Crippen LogP contribution in [0.1, 0.15) is 30.8 Å². The van der Waals surface area contributed by atoms with Crippen molar-refractivity contribution < 1.29 is 19.1 Å². The highest BCUT2D eigenvalue weighted by molar-refractivity contribution is 8.18. The number of amides is 2. The lowest BCUT2D eigenvalue weighted by Crippen LogP contribution is -2.42. The number of anilines is 1. The number of benzene rings is 1. The molecule has 1 fully saturated rings. The molecular weight excluding hydrogens is 414 g/mol. The van der Waals surface area contributed by atoms with Crippen LogP contribution in [0.25, 0.3) is 11.8 Å². The number of aryl methyl sites for hydroxylation is 1. The summed E-state index contributed by atoms with van der Waals surface area (Å²) in [6.45, 7) is 7.35. The first-order valence-corrected chi connectivity index (χ1v) is 10.9. The second-order valence-corrected chi connectivity index (χ2v) is 8.55. The molecule has 8 heteroatoms. The summed E-state index contributed by atoms with van der Waals surface area (Å²) >= 11 is 0.841. The van der Waals surface area contributed by atoms with Gasteiger partial charge in [-0.15, -0.1) is 0 Å². The van der Waals surface area contributed by atoms with Gasteiger partial charge in [-0.25, -0.2) is 4.79 Å². The number of nitrogens with zero attached hydrogens (tertiary/aromatic N) is 3. The van der Waals surface area contributed by atoms with E-state index in [0.29, 0.717) is 4.91 Å². The third kappa shape index (κ3) is 4.39. The largest absolute Gasteiger partial charge is 0.464 e. The maximum atomic E-state index is 12.8. The molecule has 0 saturated carbocycles. The summed E-state index contributed by atoms with van der Waals surface area (Å²) in [7, 11) is 3.99. The van der Waals surface area contributed by atoms with Crippen LogP contribution in [-0.2, 0) is 14.3 Å². The molecule has 0 aliphatic carbocycles. The van der Waals surface area contributed by atoms with Crippen LogP contribution in [0.15, 0.2) is 35.2 Å². The number of hydrogen-bond donors (Lipinski definition) is 0. The van der Waals surface area contributed by atoms with Gasteiger partial charge in [0.2, 0.25) is 0 Å². The molecule has 1 aromatic heterocycles. The summed E-state index contributed by atoms with van der Waals surface area (Å²) in [5.74, 6) is -1.07. The van der Waals surface area contributed by atoms with E-state index < -0.39 is 23.2 Å². The van der Waals surface area contributed by atoms with Gasteiger partial charge in [0.1, 0.15) is 6.04 Å². The molecule has 2 aromatic rings. The van der Waals surface area contributed by atoms with E-state index in [2.05, 4.69) is 16.7 Å². The fourth-order valence-corrected chi connectivity index (χ4v) is 4.45. The van der Waals surface area contributed by atoms with Gasteiger partial charge in [-0.05, 0) is 81.4 Å². The van der Waals surface area contributed by atoms with E-state index >= 15 is 0 Å². The normalized spacial score (nSPS) is 16.2. The molecule has 3 rings (SSSR count). The number of hydrogen-bond acceptors (Lipinski definition) is 6. The maximum absolute atomic E-state index is 12.8. The number of carbonyl (C=O) groups excluding carboxylic acids is 3. The minimum absolute atomic E-state index is 0.191. The van der Waals surface area contributed by atoms with E-state index in [0.717, 1.165) is 45.0 Å². The Morgan fingerprint density at radius 2 is 1.84 bits per heavy atom. The summed E-state index contributed by atoms with van der Waals surface area (Å²) < 4.78 is 7.06. The topological polar surface area (TPSA) is 71.8 Å². The Balaban J connectivity index is 1.91. The van der Waals surface area contributed by atoms with Crippen molar-refractivity contribution in [3.05, 3.63) is 52.2 Å². The first-order chi connectivity index (χ1) is 14.6. The molecule has 0 N–H and O–H groups in total. The minimum atomic E-state index is -0.957. The molecule has 1 aliphatic heterocycles. The fraction of sp³-hybridized carbons (Fsp3) is 0.348. The van der Waals surface area contributed by atoms with Gasteiger partial charge >= 0.3 is 5.97 Å². The first kappa shape index (κ1) is 22.7. The van der Waals surface area contributed by atoms with E-state index in [1.165, 1.54) is 6.92 Å². The lowest BCUT2D eigenvalue weighted by atomic mass is 10.2. The zero-order chi connectivity index (χ0) is 22.9. The molecule has 164 valence electrons. The van der Waals surface area contributed by atoms with Crippen LogP contribution in [-0.4, -0.2) is 53.3 Å². The Hall–Kier alpha value is -3.00. The molecule has 0 unspecified atom stereocenters. The van der Waals surface area contributed by atoms with Crippen LogP contribution in [0.2, 0.25) is 0 Å². The summed E-state index contributed by atoms with van der Waals surface area (Å²) in [5, 5.41) is -0.468. The Labute approximate surface area is 186 Å². The zero-order valence-corrected chi connectivity index (χ0v) is 19.4. The molecule has 2 amide bonds. The van der Waals surface area contributed by atoms with Crippen molar-refractivity contribution in [2.45, 2.75) is 33.7 Å². The van der Waals surface area contributed by atoms with Crippen LogP contribution in [0.3, 0.4) is 0 Å². The summed E-state index contributed by atoms with van der Waals surface area (Å²) in [6.07, 6.45) is 1.72. The van der Waals surface area contributed by atoms with E-state index in [-0.39, 0.29) is 6.61 Å². The molecule has 7 nitrogen and oxygen atoms in total. The molecule has 0 spiro atoms. The van der Waals surface area contributed by atoms with Crippen LogP contribution >= 0.6 is 11.8 Å². The second kappa shape index (κ2) is 9.01. The SMILES string of the molecule is CCOC(=O)[C@@H](C)N1C(=O)S/C(=C\c2cc(C)n(-c3ccc(N(C)C)cc3)c2C)C1=O. The molecule has 1 aliphatic rings. The van der Waals surface area contributed by atoms with E-state index in [9.17, 15) is 14.4 Å². The fourth-order valence-electron chi connectivity index (χ4n) is 3.55. The van der Waals surface area contributed by atoms with Gasteiger partial charge in [0.25, 0.3) is 11.1 Å². The van der Waals surface area contributed by atoms with Gasteiger partial charge in [-0.2, -0.15) is 0 Å². The number of imide groups is 1. The monoisotopic (exact) mass is 441 g/mol. The molecule has 0 radical (unpaired) electrons. The minimum Gasteiger partial charge on any atom is -0.464 e.